The van der Waals surface area contributed by atoms with Crippen molar-refractivity contribution in [1.82, 2.24) is 4.90 Å². The molecule has 0 bridgehead atoms. The molecular weight excluding hydrogens is 482 g/mol. The summed E-state index contributed by atoms with van der Waals surface area (Å²) >= 11 is 0. The van der Waals surface area contributed by atoms with Gasteiger partial charge in [0.25, 0.3) is 0 Å². The zero-order valence-corrected chi connectivity index (χ0v) is 21.1. The van der Waals surface area contributed by atoms with Crippen LogP contribution < -0.4 is 4.74 Å². The Morgan fingerprint density at radius 3 is 2.47 bits per heavy atom. The summed E-state index contributed by atoms with van der Waals surface area (Å²) in [5, 5.41) is 11.0. The SMILES string of the molecule is COc1ccc([C@H]2C3=CC[C@@H]4C(=O)N(Cc5ccccc5)C(=O)[C@@H]4[C@@H]3CC3=C2C(=O)C=C(C)C3=O)c(O)c1. The fraction of sp³-hybridized carbons (Fsp3) is 0.290. The Morgan fingerprint density at radius 1 is 1.00 bits per heavy atom. The lowest BCUT2D eigenvalue weighted by Crippen LogP contribution is -2.39. The van der Waals surface area contributed by atoms with Crippen molar-refractivity contribution in [3.05, 3.63) is 94.1 Å². The van der Waals surface area contributed by atoms with Crippen LogP contribution in [-0.4, -0.2) is 40.5 Å². The second-order valence-electron chi connectivity index (χ2n) is 10.4. The van der Waals surface area contributed by atoms with E-state index in [0.717, 1.165) is 11.1 Å². The molecule has 38 heavy (non-hydrogen) atoms. The number of ketones is 2. The summed E-state index contributed by atoms with van der Waals surface area (Å²) in [7, 11) is 1.50. The topological polar surface area (TPSA) is 101 Å². The minimum Gasteiger partial charge on any atom is -0.507 e. The number of Topliss-reactive ketones (excluding diaryl/α,β-unsaturated/α-hetero) is 1. The first-order valence-corrected chi connectivity index (χ1v) is 12.8. The summed E-state index contributed by atoms with van der Waals surface area (Å²) in [5.41, 5.74) is 3.22. The fourth-order valence-corrected chi connectivity index (χ4v) is 6.62. The van der Waals surface area contributed by atoms with Gasteiger partial charge in [0.2, 0.25) is 11.8 Å². The smallest absolute Gasteiger partial charge is 0.234 e. The minimum absolute atomic E-state index is 0.0593. The van der Waals surface area contributed by atoms with Crippen molar-refractivity contribution in [2.24, 2.45) is 17.8 Å². The fourth-order valence-electron chi connectivity index (χ4n) is 6.62. The van der Waals surface area contributed by atoms with Crippen LogP contribution in [0.4, 0.5) is 0 Å². The Morgan fingerprint density at radius 2 is 1.76 bits per heavy atom. The average molecular weight is 510 g/mol. The normalized spacial score (nSPS) is 26.5. The Bertz CT molecular complexity index is 1500. The number of phenolic OH excluding ortho intramolecular Hbond substituents is 1. The molecule has 1 aliphatic heterocycles. The van der Waals surface area contributed by atoms with Gasteiger partial charge < -0.3 is 9.84 Å². The maximum Gasteiger partial charge on any atom is 0.234 e. The predicted octanol–water partition coefficient (Wildman–Crippen LogP) is 4.03. The van der Waals surface area contributed by atoms with E-state index < -0.39 is 23.7 Å². The Kier molecular flexibility index (Phi) is 5.67. The van der Waals surface area contributed by atoms with E-state index in [9.17, 15) is 24.3 Å². The van der Waals surface area contributed by atoms with E-state index in [-0.39, 0.29) is 42.1 Å². The summed E-state index contributed by atoms with van der Waals surface area (Å²) < 4.78 is 5.24. The molecule has 4 aliphatic rings. The number of ether oxygens (including phenoxy) is 1. The molecule has 1 heterocycles. The highest BCUT2D eigenvalue weighted by molar-refractivity contribution is 6.23. The van der Waals surface area contributed by atoms with Crippen molar-refractivity contribution >= 4 is 23.4 Å². The van der Waals surface area contributed by atoms with Crippen LogP contribution in [0.1, 0.15) is 36.8 Å². The molecule has 4 atom stereocenters. The van der Waals surface area contributed by atoms with Crippen LogP contribution in [-0.2, 0) is 25.7 Å². The van der Waals surface area contributed by atoms with Crippen molar-refractivity contribution in [2.75, 3.05) is 7.11 Å². The molecule has 1 saturated heterocycles. The molecule has 0 radical (unpaired) electrons. The van der Waals surface area contributed by atoms with Crippen molar-refractivity contribution < 1.29 is 29.0 Å². The molecule has 0 aromatic heterocycles. The van der Waals surface area contributed by atoms with Gasteiger partial charge in [-0.2, -0.15) is 0 Å². The van der Waals surface area contributed by atoms with Crippen molar-refractivity contribution in [1.29, 1.82) is 0 Å². The van der Waals surface area contributed by atoms with E-state index in [0.29, 0.717) is 34.5 Å². The standard InChI is InChI=1S/C31H27NO6/c1-16-12-25(34)28-23(29(16)35)14-22-19(26(28)20-9-8-18(38-2)13-24(20)33)10-11-21-27(22)31(37)32(30(21)36)15-17-6-4-3-5-7-17/h3-10,12-13,21-22,26-27,33H,11,14-15H2,1-2H3/t21-,22+,26+,27-/m0/s1. The number of hydrogen-bond acceptors (Lipinski definition) is 6. The first-order valence-electron chi connectivity index (χ1n) is 12.8. The van der Waals surface area contributed by atoms with Gasteiger partial charge in [0.05, 0.1) is 25.5 Å². The number of fused-ring (bicyclic) bond motifs is 3. The van der Waals surface area contributed by atoms with Crippen LogP contribution in [0.2, 0.25) is 0 Å². The Hall–Kier alpha value is -4.26. The van der Waals surface area contributed by atoms with Gasteiger partial charge in [0, 0.05) is 34.3 Å². The third kappa shape index (κ3) is 3.56. The zero-order chi connectivity index (χ0) is 26.7. The molecule has 7 heteroatoms. The van der Waals surface area contributed by atoms with Crippen molar-refractivity contribution in [3.63, 3.8) is 0 Å². The number of likely N-dealkylation sites (tertiary alicyclic amines) is 1. The maximum atomic E-state index is 13.8. The van der Waals surface area contributed by atoms with Gasteiger partial charge in [-0.25, -0.2) is 0 Å². The summed E-state index contributed by atoms with van der Waals surface area (Å²) in [4.78, 5) is 55.2. The van der Waals surface area contributed by atoms with Gasteiger partial charge in [0.15, 0.2) is 11.6 Å². The first kappa shape index (κ1) is 24.1. The van der Waals surface area contributed by atoms with Gasteiger partial charge in [-0.15, -0.1) is 0 Å². The molecule has 1 N–H and O–H groups in total. The zero-order valence-electron chi connectivity index (χ0n) is 21.1. The van der Waals surface area contributed by atoms with Crippen LogP contribution >= 0.6 is 0 Å². The Labute approximate surface area is 220 Å². The maximum absolute atomic E-state index is 13.8. The molecule has 0 unspecified atom stereocenters. The number of benzene rings is 2. The van der Waals surface area contributed by atoms with Gasteiger partial charge in [-0.3, -0.25) is 24.1 Å². The predicted molar refractivity (Wildman–Crippen MR) is 138 cm³/mol. The summed E-state index contributed by atoms with van der Waals surface area (Å²) in [6.07, 6.45) is 3.88. The number of allylic oxidation sites excluding steroid dienone is 6. The number of carbonyl (C=O) groups is 4. The summed E-state index contributed by atoms with van der Waals surface area (Å²) in [6, 6.07) is 14.3. The van der Waals surface area contributed by atoms with E-state index >= 15 is 0 Å². The molecule has 2 amide bonds. The van der Waals surface area contributed by atoms with Crippen molar-refractivity contribution in [2.45, 2.75) is 32.2 Å². The highest BCUT2D eigenvalue weighted by atomic mass is 16.5. The van der Waals surface area contributed by atoms with Crippen LogP contribution in [0.15, 0.2) is 83.0 Å². The van der Waals surface area contributed by atoms with E-state index in [2.05, 4.69) is 0 Å². The van der Waals surface area contributed by atoms with Crippen LogP contribution in [0, 0.1) is 17.8 Å². The lowest BCUT2D eigenvalue weighted by atomic mass is 9.59. The minimum atomic E-state index is -0.692. The lowest BCUT2D eigenvalue weighted by molar-refractivity contribution is -0.140. The highest BCUT2D eigenvalue weighted by Crippen LogP contribution is 2.56. The summed E-state index contributed by atoms with van der Waals surface area (Å²) in [6.45, 7) is 1.81. The first-order chi connectivity index (χ1) is 18.3. The van der Waals surface area contributed by atoms with E-state index in [1.54, 1.807) is 19.1 Å². The number of phenols is 1. The molecule has 0 spiro atoms. The number of hydrogen-bond donors (Lipinski definition) is 1. The molecule has 2 aromatic rings. The molecule has 0 saturated carbocycles. The number of nitrogens with zero attached hydrogens (tertiary/aromatic N) is 1. The second-order valence-corrected chi connectivity index (χ2v) is 10.4. The van der Waals surface area contributed by atoms with Gasteiger partial charge in [0.1, 0.15) is 11.5 Å². The van der Waals surface area contributed by atoms with E-state index in [1.807, 2.05) is 36.4 Å². The third-order valence-electron chi connectivity index (χ3n) is 8.39. The number of aromatic hydroxyl groups is 1. The second kappa shape index (κ2) is 8.94. The summed E-state index contributed by atoms with van der Waals surface area (Å²) in [5.74, 6) is -2.81. The largest absolute Gasteiger partial charge is 0.507 e. The van der Waals surface area contributed by atoms with E-state index in [1.165, 1.54) is 24.2 Å². The number of rotatable bonds is 4. The van der Waals surface area contributed by atoms with Gasteiger partial charge in [-0.1, -0.05) is 48.0 Å². The molecule has 6 rings (SSSR count). The number of imide groups is 1. The number of amides is 2. The van der Waals surface area contributed by atoms with Crippen LogP contribution in [0.25, 0.3) is 0 Å². The van der Waals surface area contributed by atoms with Crippen molar-refractivity contribution in [3.8, 4) is 11.5 Å². The third-order valence-corrected chi connectivity index (χ3v) is 8.39. The molecule has 3 aliphatic carbocycles. The molecular formula is C31H27NO6. The lowest BCUT2D eigenvalue weighted by Gasteiger charge is -2.42. The highest BCUT2D eigenvalue weighted by Gasteiger charge is 2.56. The molecule has 2 aromatic carbocycles. The number of methoxy groups -OCH3 is 1. The average Bonchev–Trinajstić information content (AvgIpc) is 3.16. The molecule has 1 fully saturated rings. The Balaban J connectivity index is 1.46. The molecule has 7 nitrogen and oxygen atoms in total. The monoisotopic (exact) mass is 509 g/mol. The van der Waals surface area contributed by atoms with E-state index in [4.69, 9.17) is 4.74 Å². The van der Waals surface area contributed by atoms with Gasteiger partial charge >= 0.3 is 0 Å². The molecule has 192 valence electrons. The quantitative estimate of drug-likeness (QED) is 0.380. The van der Waals surface area contributed by atoms with Crippen LogP contribution in [0.5, 0.6) is 11.5 Å². The van der Waals surface area contributed by atoms with Crippen LogP contribution in [0.3, 0.4) is 0 Å². The van der Waals surface area contributed by atoms with Gasteiger partial charge in [-0.05, 0) is 43.4 Å². The number of carbonyl (C=O) groups excluding carboxylic acids is 4.